The molecule has 1 rings (SSSR count). The highest BCUT2D eigenvalue weighted by molar-refractivity contribution is 8.00. The van der Waals surface area contributed by atoms with E-state index in [-0.39, 0.29) is 11.6 Å². The zero-order chi connectivity index (χ0) is 12.2. The predicted octanol–water partition coefficient (Wildman–Crippen LogP) is -0.103. The first-order valence-electron chi connectivity index (χ1n) is 4.37. The normalized spacial score (nSPS) is 11.3. The van der Waals surface area contributed by atoms with Crippen molar-refractivity contribution in [2.75, 3.05) is 17.8 Å². The summed E-state index contributed by atoms with van der Waals surface area (Å²) in [6.45, 7) is 0. The molecule has 0 radical (unpaired) electrons. The number of amidine groups is 1. The van der Waals surface area contributed by atoms with Gasteiger partial charge in [0.15, 0.2) is 0 Å². The van der Waals surface area contributed by atoms with Crippen LogP contribution in [0.25, 0.3) is 0 Å². The lowest BCUT2D eigenvalue weighted by molar-refractivity contribution is 0.603. The SMILES string of the molecule is CS(=O)(=O)CCSc1nnccc1C(=N)N. The van der Waals surface area contributed by atoms with Crippen molar-refractivity contribution in [3.63, 3.8) is 0 Å². The standard InChI is InChI=1S/C8H12N4O2S2/c1-16(13,14)5-4-15-8-6(7(9)10)2-3-11-12-8/h2-3H,4-5H2,1H3,(H3,9,10). The average Bonchev–Trinajstić information content (AvgIpc) is 2.16. The number of sulfone groups is 1. The van der Waals surface area contributed by atoms with Gasteiger partial charge in [0.25, 0.3) is 0 Å². The fourth-order valence-electron chi connectivity index (χ4n) is 0.920. The maximum absolute atomic E-state index is 10.9. The van der Waals surface area contributed by atoms with E-state index in [2.05, 4.69) is 10.2 Å². The molecule has 1 heterocycles. The Morgan fingerprint density at radius 2 is 2.31 bits per heavy atom. The summed E-state index contributed by atoms with van der Waals surface area (Å²) in [6.07, 6.45) is 2.62. The lowest BCUT2D eigenvalue weighted by Gasteiger charge is -2.04. The first-order chi connectivity index (χ1) is 7.40. The first-order valence-corrected chi connectivity index (χ1v) is 7.41. The molecular formula is C8H12N4O2S2. The van der Waals surface area contributed by atoms with Gasteiger partial charge >= 0.3 is 0 Å². The Morgan fingerprint density at radius 1 is 1.62 bits per heavy atom. The van der Waals surface area contributed by atoms with E-state index < -0.39 is 9.84 Å². The van der Waals surface area contributed by atoms with Crippen LogP contribution < -0.4 is 5.73 Å². The highest BCUT2D eigenvalue weighted by atomic mass is 32.2. The van der Waals surface area contributed by atoms with E-state index in [4.69, 9.17) is 11.1 Å². The number of thioether (sulfide) groups is 1. The number of nitrogen functional groups attached to an aromatic ring is 1. The molecule has 3 N–H and O–H groups in total. The van der Waals surface area contributed by atoms with E-state index in [0.717, 1.165) is 0 Å². The van der Waals surface area contributed by atoms with Crippen molar-refractivity contribution in [3.05, 3.63) is 17.8 Å². The number of nitrogens with two attached hydrogens (primary N) is 1. The van der Waals surface area contributed by atoms with Crippen LogP contribution in [-0.4, -0.2) is 42.2 Å². The molecule has 0 saturated heterocycles. The molecule has 16 heavy (non-hydrogen) atoms. The zero-order valence-electron chi connectivity index (χ0n) is 8.67. The smallest absolute Gasteiger partial charge is 0.148 e. The molecule has 88 valence electrons. The largest absolute Gasteiger partial charge is 0.384 e. The van der Waals surface area contributed by atoms with Crippen molar-refractivity contribution in [3.8, 4) is 0 Å². The summed E-state index contributed by atoms with van der Waals surface area (Å²) < 4.78 is 21.8. The molecule has 8 heteroatoms. The summed E-state index contributed by atoms with van der Waals surface area (Å²) in [7, 11) is -2.98. The van der Waals surface area contributed by atoms with Gasteiger partial charge in [0.2, 0.25) is 0 Å². The van der Waals surface area contributed by atoms with Crippen LogP contribution in [0, 0.1) is 5.41 Å². The molecule has 0 aliphatic heterocycles. The van der Waals surface area contributed by atoms with Gasteiger partial charge in [0, 0.05) is 12.0 Å². The van der Waals surface area contributed by atoms with Gasteiger partial charge in [-0.3, -0.25) is 5.41 Å². The second kappa shape index (κ2) is 5.26. The zero-order valence-corrected chi connectivity index (χ0v) is 10.3. The van der Waals surface area contributed by atoms with Crippen LogP contribution in [0.1, 0.15) is 5.56 Å². The van der Waals surface area contributed by atoms with E-state index in [0.29, 0.717) is 16.3 Å². The topological polar surface area (TPSA) is 110 Å². The van der Waals surface area contributed by atoms with Gasteiger partial charge in [-0.05, 0) is 6.07 Å². The molecule has 1 aromatic heterocycles. The van der Waals surface area contributed by atoms with Gasteiger partial charge in [-0.2, -0.15) is 5.10 Å². The minimum absolute atomic E-state index is 0.0611. The monoisotopic (exact) mass is 260 g/mol. The highest BCUT2D eigenvalue weighted by Crippen LogP contribution is 2.18. The number of aromatic nitrogens is 2. The van der Waals surface area contributed by atoms with Crippen LogP contribution >= 0.6 is 11.8 Å². The number of nitrogens with zero attached hydrogens (tertiary/aromatic N) is 2. The van der Waals surface area contributed by atoms with Gasteiger partial charge in [-0.15, -0.1) is 16.9 Å². The number of nitrogens with one attached hydrogen (secondary N) is 1. The predicted molar refractivity (Wildman–Crippen MR) is 63.5 cm³/mol. The van der Waals surface area contributed by atoms with Crippen molar-refractivity contribution in [1.82, 2.24) is 10.2 Å². The van der Waals surface area contributed by atoms with Gasteiger partial charge in [-0.25, -0.2) is 8.42 Å². The maximum atomic E-state index is 10.9. The van der Waals surface area contributed by atoms with Crippen LogP contribution in [0.2, 0.25) is 0 Å². The Morgan fingerprint density at radius 3 is 2.88 bits per heavy atom. The number of hydrogen-bond acceptors (Lipinski definition) is 6. The maximum Gasteiger partial charge on any atom is 0.148 e. The summed E-state index contributed by atoms with van der Waals surface area (Å²) in [5.74, 6) is 0.334. The molecule has 1 aromatic rings. The second-order valence-electron chi connectivity index (χ2n) is 3.14. The van der Waals surface area contributed by atoms with Crippen molar-refractivity contribution >= 4 is 27.4 Å². The number of rotatable bonds is 5. The van der Waals surface area contributed by atoms with E-state index in [1.54, 1.807) is 6.07 Å². The van der Waals surface area contributed by atoms with Crippen LogP contribution in [0.4, 0.5) is 0 Å². The minimum Gasteiger partial charge on any atom is -0.384 e. The third kappa shape index (κ3) is 4.15. The molecule has 0 aromatic carbocycles. The van der Waals surface area contributed by atoms with Gasteiger partial charge < -0.3 is 5.73 Å². The molecule has 0 amide bonds. The molecule has 6 nitrogen and oxygen atoms in total. The molecule has 0 aliphatic carbocycles. The van der Waals surface area contributed by atoms with Crippen LogP contribution in [-0.2, 0) is 9.84 Å². The summed E-state index contributed by atoms with van der Waals surface area (Å²) in [6, 6.07) is 1.58. The number of hydrogen-bond donors (Lipinski definition) is 2. The Labute approximate surface area is 98.1 Å². The first kappa shape index (κ1) is 12.9. The van der Waals surface area contributed by atoms with Gasteiger partial charge in [0.05, 0.1) is 17.5 Å². The van der Waals surface area contributed by atoms with Gasteiger partial charge in [-0.1, -0.05) is 0 Å². The van der Waals surface area contributed by atoms with E-state index in [9.17, 15) is 8.42 Å². The fraction of sp³-hybridized carbons (Fsp3) is 0.375. The second-order valence-corrected chi connectivity index (χ2v) is 6.49. The molecule has 0 spiro atoms. The van der Waals surface area contributed by atoms with E-state index in [1.165, 1.54) is 24.2 Å². The summed E-state index contributed by atoms with van der Waals surface area (Å²) in [4.78, 5) is 0. The van der Waals surface area contributed by atoms with Crippen LogP contribution in [0.3, 0.4) is 0 Å². The lowest BCUT2D eigenvalue weighted by Crippen LogP contribution is -2.14. The molecule has 0 fully saturated rings. The Hall–Kier alpha value is -1.15. The van der Waals surface area contributed by atoms with Crippen molar-refractivity contribution in [1.29, 1.82) is 5.41 Å². The van der Waals surface area contributed by atoms with Gasteiger partial charge in [0.1, 0.15) is 20.7 Å². The van der Waals surface area contributed by atoms with E-state index in [1.807, 2.05) is 0 Å². The van der Waals surface area contributed by atoms with Crippen molar-refractivity contribution in [2.45, 2.75) is 5.03 Å². The Bertz CT molecular complexity index is 487. The van der Waals surface area contributed by atoms with E-state index >= 15 is 0 Å². The minimum atomic E-state index is -2.98. The van der Waals surface area contributed by atoms with Crippen molar-refractivity contribution < 1.29 is 8.42 Å². The summed E-state index contributed by atoms with van der Waals surface area (Å²) in [5.41, 5.74) is 5.84. The summed E-state index contributed by atoms with van der Waals surface area (Å²) >= 11 is 1.23. The molecular weight excluding hydrogens is 248 g/mol. The quantitative estimate of drug-likeness (QED) is 0.434. The lowest BCUT2D eigenvalue weighted by atomic mass is 10.3. The fourth-order valence-corrected chi connectivity index (χ4v) is 3.10. The Balaban J connectivity index is 2.71. The average molecular weight is 260 g/mol. The third-order valence-corrected chi connectivity index (χ3v) is 3.86. The Kier molecular flexibility index (Phi) is 4.25. The molecule has 0 unspecified atom stereocenters. The highest BCUT2D eigenvalue weighted by Gasteiger charge is 2.09. The molecule has 0 saturated carbocycles. The molecule has 0 bridgehead atoms. The third-order valence-electron chi connectivity index (χ3n) is 1.67. The van der Waals surface area contributed by atoms with Crippen molar-refractivity contribution in [2.24, 2.45) is 5.73 Å². The summed E-state index contributed by atoms with van der Waals surface area (Å²) in [5, 5.41) is 15.3. The van der Waals surface area contributed by atoms with Crippen LogP contribution in [0.5, 0.6) is 0 Å². The molecule has 0 atom stereocenters. The van der Waals surface area contributed by atoms with Crippen LogP contribution in [0.15, 0.2) is 17.3 Å². The molecule has 0 aliphatic rings.